The van der Waals surface area contributed by atoms with Gasteiger partial charge in [0, 0.05) is 11.1 Å². The zero-order chi connectivity index (χ0) is 15.1. The lowest BCUT2D eigenvalue weighted by molar-refractivity contribution is -0.142. The van der Waals surface area contributed by atoms with Crippen LogP contribution in [-0.4, -0.2) is 23.0 Å². The first-order valence-electron chi connectivity index (χ1n) is 6.41. The lowest BCUT2D eigenvalue weighted by Crippen LogP contribution is -2.44. The third kappa shape index (κ3) is 5.05. The molecule has 108 valence electrons. The minimum absolute atomic E-state index is 0.129. The Labute approximate surface area is 123 Å². The van der Waals surface area contributed by atoms with Crippen LogP contribution < -0.4 is 5.32 Å². The predicted octanol–water partition coefficient (Wildman–Crippen LogP) is 2.97. The summed E-state index contributed by atoms with van der Waals surface area (Å²) in [5.41, 5.74) is 0.781. The normalized spacial score (nSPS) is 13.9. The fourth-order valence-electron chi connectivity index (χ4n) is 1.67. The van der Waals surface area contributed by atoms with Crippen LogP contribution in [0.3, 0.4) is 0 Å². The van der Waals surface area contributed by atoms with Crippen LogP contribution in [0.2, 0.25) is 5.02 Å². The number of carbonyl (C=O) groups is 2. The van der Waals surface area contributed by atoms with Crippen molar-refractivity contribution < 1.29 is 14.7 Å². The van der Waals surface area contributed by atoms with Gasteiger partial charge >= 0.3 is 5.97 Å². The van der Waals surface area contributed by atoms with Gasteiger partial charge in [0.05, 0.1) is 0 Å². The van der Waals surface area contributed by atoms with Crippen LogP contribution in [0.5, 0.6) is 0 Å². The van der Waals surface area contributed by atoms with E-state index in [2.05, 4.69) is 5.32 Å². The number of nitrogens with one attached hydrogen (secondary N) is 1. The molecule has 2 N–H and O–H groups in total. The van der Waals surface area contributed by atoms with Crippen molar-refractivity contribution in [3.63, 3.8) is 0 Å². The van der Waals surface area contributed by atoms with Crippen LogP contribution >= 0.6 is 11.6 Å². The van der Waals surface area contributed by atoms with E-state index in [-0.39, 0.29) is 5.92 Å². The number of amides is 1. The number of carboxylic acids is 1. The second-order valence-corrected chi connectivity index (χ2v) is 5.03. The van der Waals surface area contributed by atoms with E-state index in [4.69, 9.17) is 16.7 Å². The number of hydrogen-bond acceptors (Lipinski definition) is 2. The van der Waals surface area contributed by atoms with Gasteiger partial charge in [-0.15, -0.1) is 0 Å². The largest absolute Gasteiger partial charge is 0.480 e. The van der Waals surface area contributed by atoms with Crippen molar-refractivity contribution in [2.45, 2.75) is 26.3 Å². The van der Waals surface area contributed by atoms with Gasteiger partial charge in [-0.3, -0.25) is 4.79 Å². The van der Waals surface area contributed by atoms with Crippen molar-refractivity contribution >= 4 is 29.6 Å². The highest BCUT2D eigenvalue weighted by Gasteiger charge is 2.24. The van der Waals surface area contributed by atoms with Crippen LogP contribution in [0.1, 0.15) is 25.8 Å². The number of hydrogen-bond donors (Lipinski definition) is 2. The number of benzene rings is 1. The van der Waals surface area contributed by atoms with Crippen molar-refractivity contribution in [1.82, 2.24) is 5.32 Å². The van der Waals surface area contributed by atoms with Crippen molar-refractivity contribution in [1.29, 1.82) is 0 Å². The fraction of sp³-hybridized carbons (Fsp3) is 0.333. The summed E-state index contributed by atoms with van der Waals surface area (Å²) in [6, 6.07) is 6.16. The van der Waals surface area contributed by atoms with E-state index in [1.807, 2.05) is 6.92 Å². The molecule has 2 unspecified atom stereocenters. The van der Waals surface area contributed by atoms with Gasteiger partial charge in [0.2, 0.25) is 5.91 Å². The Kier molecular flexibility index (Phi) is 6.25. The molecule has 0 aliphatic carbocycles. The van der Waals surface area contributed by atoms with Crippen LogP contribution in [0.15, 0.2) is 30.3 Å². The SMILES string of the molecule is CCC(C)C(NC(=O)/C=C/c1cccc(Cl)c1)C(=O)O. The smallest absolute Gasteiger partial charge is 0.326 e. The highest BCUT2D eigenvalue weighted by Crippen LogP contribution is 2.12. The first-order chi connectivity index (χ1) is 9.43. The molecule has 0 fully saturated rings. The summed E-state index contributed by atoms with van der Waals surface area (Å²) in [7, 11) is 0. The Hall–Kier alpha value is -1.81. The Bertz CT molecular complexity index is 514. The van der Waals surface area contributed by atoms with Gasteiger partial charge in [-0.2, -0.15) is 0 Å². The topological polar surface area (TPSA) is 66.4 Å². The van der Waals surface area contributed by atoms with Gasteiger partial charge in [-0.05, 0) is 29.7 Å². The Morgan fingerprint density at radius 1 is 1.45 bits per heavy atom. The molecular formula is C15H18ClNO3. The third-order valence-corrected chi connectivity index (χ3v) is 3.29. The minimum atomic E-state index is -1.02. The highest BCUT2D eigenvalue weighted by molar-refractivity contribution is 6.30. The summed E-state index contributed by atoms with van der Waals surface area (Å²) in [4.78, 5) is 22.8. The first kappa shape index (κ1) is 16.2. The molecule has 0 bridgehead atoms. The quantitative estimate of drug-likeness (QED) is 0.793. The number of carboxylic acid groups (broad SMARTS) is 1. The maximum absolute atomic E-state index is 11.7. The molecular weight excluding hydrogens is 278 g/mol. The standard InChI is InChI=1S/C15H18ClNO3/c1-3-10(2)14(15(19)20)17-13(18)8-7-11-5-4-6-12(16)9-11/h4-10,14H,3H2,1-2H3,(H,17,18)(H,19,20)/b8-7+. The molecule has 1 aromatic rings. The predicted molar refractivity (Wildman–Crippen MR) is 79.5 cm³/mol. The summed E-state index contributed by atoms with van der Waals surface area (Å²) < 4.78 is 0. The van der Waals surface area contributed by atoms with Crippen molar-refractivity contribution in [3.8, 4) is 0 Å². The highest BCUT2D eigenvalue weighted by atomic mass is 35.5. The van der Waals surface area contributed by atoms with E-state index >= 15 is 0 Å². The first-order valence-corrected chi connectivity index (χ1v) is 6.78. The molecule has 0 aliphatic rings. The number of aliphatic carboxylic acids is 1. The summed E-state index contributed by atoms with van der Waals surface area (Å²) in [5.74, 6) is -1.59. The molecule has 20 heavy (non-hydrogen) atoms. The van der Waals surface area contributed by atoms with Gasteiger partial charge in [0.25, 0.3) is 0 Å². The Balaban J connectivity index is 2.68. The second-order valence-electron chi connectivity index (χ2n) is 4.60. The molecule has 0 heterocycles. The molecule has 0 aliphatic heterocycles. The van der Waals surface area contributed by atoms with E-state index in [9.17, 15) is 9.59 Å². The molecule has 0 spiro atoms. The maximum Gasteiger partial charge on any atom is 0.326 e. The molecule has 0 saturated carbocycles. The number of halogens is 1. The third-order valence-electron chi connectivity index (χ3n) is 3.05. The molecule has 0 aromatic heterocycles. The van der Waals surface area contributed by atoms with Gasteiger partial charge in [0.1, 0.15) is 6.04 Å². The zero-order valence-corrected chi connectivity index (χ0v) is 12.2. The number of rotatable bonds is 6. The van der Waals surface area contributed by atoms with Crippen LogP contribution in [-0.2, 0) is 9.59 Å². The number of carbonyl (C=O) groups excluding carboxylic acids is 1. The molecule has 5 heteroatoms. The second kappa shape index (κ2) is 7.70. The maximum atomic E-state index is 11.7. The zero-order valence-electron chi connectivity index (χ0n) is 11.5. The Morgan fingerprint density at radius 2 is 2.15 bits per heavy atom. The fourth-order valence-corrected chi connectivity index (χ4v) is 1.87. The minimum Gasteiger partial charge on any atom is -0.480 e. The summed E-state index contributed by atoms with van der Waals surface area (Å²) in [6.45, 7) is 3.67. The Morgan fingerprint density at radius 3 is 2.70 bits per heavy atom. The van der Waals surface area contributed by atoms with Crippen LogP contribution in [0.4, 0.5) is 0 Å². The van der Waals surface area contributed by atoms with Gasteiger partial charge in [-0.25, -0.2) is 4.79 Å². The van der Waals surface area contributed by atoms with E-state index in [0.717, 1.165) is 5.56 Å². The molecule has 1 aromatic carbocycles. The van der Waals surface area contributed by atoms with E-state index in [0.29, 0.717) is 11.4 Å². The van der Waals surface area contributed by atoms with E-state index in [1.54, 1.807) is 37.3 Å². The van der Waals surface area contributed by atoms with Crippen LogP contribution in [0, 0.1) is 5.92 Å². The van der Waals surface area contributed by atoms with Crippen molar-refractivity contribution in [2.24, 2.45) is 5.92 Å². The van der Waals surface area contributed by atoms with Crippen molar-refractivity contribution in [3.05, 3.63) is 40.9 Å². The summed E-state index contributed by atoms with van der Waals surface area (Å²) >= 11 is 5.83. The van der Waals surface area contributed by atoms with Gasteiger partial charge in [0.15, 0.2) is 0 Å². The molecule has 1 amide bonds. The molecule has 4 nitrogen and oxygen atoms in total. The van der Waals surface area contributed by atoms with Crippen molar-refractivity contribution in [2.75, 3.05) is 0 Å². The van der Waals surface area contributed by atoms with E-state index in [1.165, 1.54) is 6.08 Å². The summed E-state index contributed by atoms with van der Waals surface area (Å²) in [6.07, 6.45) is 3.58. The van der Waals surface area contributed by atoms with Crippen LogP contribution in [0.25, 0.3) is 6.08 Å². The molecule has 2 atom stereocenters. The average Bonchev–Trinajstić information content (AvgIpc) is 2.41. The summed E-state index contributed by atoms with van der Waals surface area (Å²) in [5, 5.41) is 12.2. The van der Waals surface area contributed by atoms with Gasteiger partial charge < -0.3 is 10.4 Å². The molecule has 0 radical (unpaired) electrons. The average molecular weight is 296 g/mol. The monoisotopic (exact) mass is 295 g/mol. The lowest BCUT2D eigenvalue weighted by Gasteiger charge is -2.19. The lowest BCUT2D eigenvalue weighted by atomic mass is 9.99. The molecule has 1 rings (SSSR count). The van der Waals surface area contributed by atoms with E-state index < -0.39 is 17.9 Å². The molecule has 0 saturated heterocycles. The van der Waals surface area contributed by atoms with Gasteiger partial charge in [-0.1, -0.05) is 44.0 Å².